The van der Waals surface area contributed by atoms with Crippen LogP contribution in [0.2, 0.25) is 0 Å². The van der Waals surface area contributed by atoms with Crippen molar-refractivity contribution in [2.75, 3.05) is 0 Å². The van der Waals surface area contributed by atoms with E-state index in [1.54, 1.807) is 13.8 Å². The third kappa shape index (κ3) is 2.95. The fraction of sp³-hybridized carbons (Fsp3) is 0.400. The third-order valence-corrected chi connectivity index (χ3v) is 3.35. The van der Waals surface area contributed by atoms with Gasteiger partial charge >= 0.3 is 0 Å². The second-order valence-corrected chi connectivity index (χ2v) is 5.40. The van der Waals surface area contributed by atoms with E-state index in [9.17, 15) is 10.2 Å². The quantitative estimate of drug-likeness (QED) is 0.783. The summed E-state index contributed by atoms with van der Waals surface area (Å²) in [5.41, 5.74) is 1.77. The van der Waals surface area contributed by atoms with Crippen LogP contribution in [0.4, 0.5) is 0 Å². The Morgan fingerprint density at radius 3 is 2.79 bits per heavy atom. The molecule has 0 unspecified atom stereocenters. The Hall–Kier alpha value is -1.83. The predicted octanol–water partition coefficient (Wildman–Crippen LogP) is 1.91. The van der Waals surface area contributed by atoms with E-state index < -0.39 is 11.7 Å². The highest BCUT2D eigenvalue weighted by molar-refractivity contribution is 5.84. The lowest BCUT2D eigenvalue weighted by Gasteiger charge is -2.24. The molecule has 0 saturated heterocycles. The van der Waals surface area contributed by atoms with Crippen molar-refractivity contribution in [3.63, 3.8) is 0 Å². The number of aromatic amines is 1. The van der Waals surface area contributed by atoms with E-state index in [-0.39, 0.29) is 0 Å². The summed E-state index contributed by atoms with van der Waals surface area (Å²) < 4.78 is 0. The van der Waals surface area contributed by atoms with Gasteiger partial charge in [-0.2, -0.15) is 5.26 Å². The standard InChI is InChI=1S/C15H18N2O2/c1-15(2,19)14(18)8-10-3-4-12-11(5-6-16)9-17-13(12)7-10/h3-4,7,9,14,17-19H,5,8H2,1-2H3/t14-/m0/s1. The van der Waals surface area contributed by atoms with E-state index >= 15 is 0 Å². The number of fused-ring (bicyclic) bond motifs is 1. The lowest BCUT2D eigenvalue weighted by Crippen LogP contribution is -2.37. The summed E-state index contributed by atoms with van der Waals surface area (Å²) in [6.07, 6.45) is 1.81. The topological polar surface area (TPSA) is 80.0 Å². The van der Waals surface area contributed by atoms with Gasteiger partial charge in [0.05, 0.1) is 24.2 Å². The summed E-state index contributed by atoms with van der Waals surface area (Å²) in [6.45, 7) is 3.19. The smallest absolute Gasteiger partial charge is 0.0861 e. The normalized spacial score (nSPS) is 13.4. The number of benzene rings is 1. The minimum Gasteiger partial charge on any atom is -0.390 e. The minimum absolute atomic E-state index is 0.381. The minimum atomic E-state index is -1.11. The second kappa shape index (κ2) is 5.04. The molecule has 1 aromatic carbocycles. The Labute approximate surface area is 112 Å². The van der Waals surface area contributed by atoms with Gasteiger partial charge in [0.25, 0.3) is 0 Å². The van der Waals surface area contributed by atoms with Gasteiger partial charge in [-0.1, -0.05) is 12.1 Å². The molecule has 0 aliphatic rings. The fourth-order valence-electron chi connectivity index (χ4n) is 2.06. The monoisotopic (exact) mass is 258 g/mol. The van der Waals surface area contributed by atoms with Gasteiger partial charge in [0.1, 0.15) is 0 Å². The van der Waals surface area contributed by atoms with Crippen LogP contribution >= 0.6 is 0 Å². The first-order valence-electron chi connectivity index (χ1n) is 6.28. The van der Waals surface area contributed by atoms with E-state index in [4.69, 9.17) is 5.26 Å². The van der Waals surface area contributed by atoms with Gasteiger partial charge in [-0.15, -0.1) is 0 Å². The zero-order valence-electron chi connectivity index (χ0n) is 11.1. The Kier molecular flexibility index (Phi) is 3.61. The van der Waals surface area contributed by atoms with Crippen molar-refractivity contribution in [1.29, 1.82) is 5.26 Å². The average Bonchev–Trinajstić information content (AvgIpc) is 2.71. The Balaban J connectivity index is 2.26. The fourth-order valence-corrected chi connectivity index (χ4v) is 2.06. The number of rotatable bonds is 4. The largest absolute Gasteiger partial charge is 0.390 e. The molecule has 0 spiro atoms. The summed E-state index contributed by atoms with van der Waals surface area (Å²) in [6, 6.07) is 7.96. The molecule has 1 heterocycles. The molecular formula is C15H18N2O2. The SMILES string of the molecule is CC(C)(O)[C@@H](O)Cc1ccc2c(CC#N)c[nH]c2c1. The summed E-state index contributed by atoms with van der Waals surface area (Å²) >= 11 is 0. The van der Waals surface area contributed by atoms with Crippen LogP contribution in [0, 0.1) is 11.3 Å². The molecule has 100 valence electrons. The van der Waals surface area contributed by atoms with E-state index in [0.717, 1.165) is 22.0 Å². The summed E-state index contributed by atoms with van der Waals surface area (Å²) in [4.78, 5) is 3.13. The van der Waals surface area contributed by atoms with Gasteiger partial charge in [0.15, 0.2) is 0 Å². The van der Waals surface area contributed by atoms with Gasteiger partial charge in [-0.3, -0.25) is 0 Å². The molecular weight excluding hydrogens is 240 g/mol. The molecule has 0 fully saturated rings. The Morgan fingerprint density at radius 2 is 2.16 bits per heavy atom. The molecule has 1 aromatic heterocycles. The number of aliphatic hydroxyl groups is 2. The van der Waals surface area contributed by atoms with Crippen LogP contribution in [0.3, 0.4) is 0 Å². The number of nitrogens with zero attached hydrogens (tertiary/aromatic N) is 1. The van der Waals surface area contributed by atoms with Crippen LogP contribution in [-0.4, -0.2) is 26.9 Å². The third-order valence-electron chi connectivity index (χ3n) is 3.35. The van der Waals surface area contributed by atoms with Gasteiger partial charge in [0.2, 0.25) is 0 Å². The van der Waals surface area contributed by atoms with Crippen LogP contribution in [0.25, 0.3) is 10.9 Å². The number of nitriles is 1. The molecule has 4 nitrogen and oxygen atoms in total. The van der Waals surface area contributed by atoms with Crippen LogP contribution in [0.5, 0.6) is 0 Å². The summed E-state index contributed by atoms with van der Waals surface area (Å²) in [7, 11) is 0. The average molecular weight is 258 g/mol. The van der Waals surface area contributed by atoms with E-state index in [1.807, 2.05) is 24.4 Å². The molecule has 0 aliphatic carbocycles. The first kappa shape index (κ1) is 13.6. The molecule has 2 aromatic rings. The lowest BCUT2D eigenvalue weighted by molar-refractivity contribution is -0.0469. The van der Waals surface area contributed by atoms with Crippen molar-refractivity contribution in [3.8, 4) is 6.07 Å². The highest BCUT2D eigenvalue weighted by atomic mass is 16.3. The number of aliphatic hydroxyl groups excluding tert-OH is 1. The first-order valence-corrected chi connectivity index (χ1v) is 6.28. The maximum atomic E-state index is 9.90. The number of hydrogen-bond donors (Lipinski definition) is 3. The van der Waals surface area contributed by atoms with Gasteiger partial charge in [-0.05, 0) is 31.0 Å². The van der Waals surface area contributed by atoms with Crippen LogP contribution in [0.15, 0.2) is 24.4 Å². The van der Waals surface area contributed by atoms with Gasteiger partial charge in [0, 0.05) is 23.5 Å². The molecule has 0 radical (unpaired) electrons. The maximum absolute atomic E-state index is 9.90. The Bertz CT molecular complexity index is 617. The van der Waals surface area contributed by atoms with Gasteiger partial charge in [-0.25, -0.2) is 0 Å². The molecule has 0 saturated carbocycles. The Morgan fingerprint density at radius 1 is 1.42 bits per heavy atom. The molecule has 0 aliphatic heterocycles. The van der Waals surface area contributed by atoms with Crippen molar-refractivity contribution in [3.05, 3.63) is 35.5 Å². The number of nitrogens with one attached hydrogen (secondary N) is 1. The molecule has 0 bridgehead atoms. The molecule has 1 atom stereocenters. The summed E-state index contributed by atoms with van der Waals surface area (Å²) in [5, 5.41) is 29.4. The van der Waals surface area contributed by atoms with Crippen molar-refractivity contribution in [2.24, 2.45) is 0 Å². The maximum Gasteiger partial charge on any atom is 0.0861 e. The molecule has 19 heavy (non-hydrogen) atoms. The molecule has 3 N–H and O–H groups in total. The van der Waals surface area contributed by atoms with Crippen molar-refractivity contribution in [2.45, 2.75) is 38.4 Å². The number of aromatic nitrogens is 1. The second-order valence-electron chi connectivity index (χ2n) is 5.40. The summed E-state index contributed by atoms with van der Waals surface area (Å²) in [5.74, 6) is 0. The first-order chi connectivity index (χ1) is 8.91. The van der Waals surface area contributed by atoms with Crippen LogP contribution in [0.1, 0.15) is 25.0 Å². The highest BCUT2D eigenvalue weighted by Gasteiger charge is 2.24. The zero-order chi connectivity index (χ0) is 14.0. The van der Waals surface area contributed by atoms with Crippen LogP contribution in [-0.2, 0) is 12.8 Å². The molecule has 4 heteroatoms. The lowest BCUT2D eigenvalue weighted by atomic mass is 9.95. The van der Waals surface area contributed by atoms with Crippen LogP contribution < -0.4 is 0 Å². The van der Waals surface area contributed by atoms with E-state index in [1.165, 1.54) is 0 Å². The van der Waals surface area contributed by atoms with E-state index in [2.05, 4.69) is 11.1 Å². The number of H-pyrrole nitrogens is 1. The van der Waals surface area contributed by atoms with Crippen molar-refractivity contribution in [1.82, 2.24) is 4.98 Å². The zero-order valence-corrected chi connectivity index (χ0v) is 11.1. The van der Waals surface area contributed by atoms with E-state index in [0.29, 0.717) is 12.8 Å². The van der Waals surface area contributed by atoms with Gasteiger partial charge < -0.3 is 15.2 Å². The number of hydrogen-bond acceptors (Lipinski definition) is 3. The molecule has 0 amide bonds. The van der Waals surface area contributed by atoms with Crippen molar-refractivity contribution >= 4 is 10.9 Å². The predicted molar refractivity (Wildman–Crippen MR) is 73.6 cm³/mol. The molecule has 2 rings (SSSR count). The van der Waals surface area contributed by atoms with Crippen molar-refractivity contribution < 1.29 is 10.2 Å². The highest BCUT2D eigenvalue weighted by Crippen LogP contribution is 2.22.